The number of fused-ring (bicyclic) bond motifs is 3. The monoisotopic (exact) mass is 380 g/mol. The lowest BCUT2D eigenvalue weighted by molar-refractivity contribution is -0.124. The number of nitrogens with zero attached hydrogens (tertiary/aromatic N) is 3. The summed E-state index contributed by atoms with van der Waals surface area (Å²) in [6, 6.07) is 14.3. The predicted molar refractivity (Wildman–Crippen MR) is 104 cm³/mol. The van der Waals surface area contributed by atoms with E-state index in [1.165, 1.54) is 0 Å². The summed E-state index contributed by atoms with van der Waals surface area (Å²) < 4.78 is 1.91. The molecule has 2 aromatic carbocycles. The minimum absolute atomic E-state index is 0.0491. The number of carbonyl (C=O) groups excluding carboxylic acids is 2. The van der Waals surface area contributed by atoms with Gasteiger partial charge in [0.25, 0.3) is 5.91 Å². The second-order valence-electron chi connectivity index (χ2n) is 6.99. The van der Waals surface area contributed by atoms with Crippen LogP contribution in [0.4, 0.5) is 11.6 Å². The number of aromatic nitrogens is 2. The summed E-state index contributed by atoms with van der Waals surface area (Å²) in [7, 11) is 0. The summed E-state index contributed by atoms with van der Waals surface area (Å²) in [5.74, 6) is 0.383. The van der Waals surface area contributed by atoms with Gasteiger partial charge in [-0.15, -0.1) is 0 Å². The average molecular weight is 381 g/mol. The van der Waals surface area contributed by atoms with Gasteiger partial charge in [-0.3, -0.25) is 19.1 Å². The molecule has 1 saturated carbocycles. The van der Waals surface area contributed by atoms with Crippen LogP contribution in [0.2, 0.25) is 5.02 Å². The van der Waals surface area contributed by atoms with Crippen molar-refractivity contribution < 1.29 is 9.59 Å². The Kier molecular flexibility index (Phi) is 3.68. The highest BCUT2D eigenvalue weighted by Gasteiger charge is 2.47. The maximum absolute atomic E-state index is 13.1. The van der Waals surface area contributed by atoms with Crippen molar-refractivity contribution in [2.45, 2.75) is 31.3 Å². The third-order valence-corrected chi connectivity index (χ3v) is 5.26. The predicted octanol–water partition coefficient (Wildman–Crippen LogP) is 3.77. The highest BCUT2D eigenvalue weighted by molar-refractivity contribution is 6.30. The normalized spacial score (nSPS) is 18.8. The van der Waals surface area contributed by atoms with Crippen molar-refractivity contribution in [3.05, 3.63) is 53.6 Å². The number of anilines is 2. The smallest absolute Gasteiger partial charge is 0.253 e. The average Bonchev–Trinajstić information content (AvgIpc) is 3.34. The van der Waals surface area contributed by atoms with Crippen molar-refractivity contribution in [1.29, 1.82) is 0 Å². The van der Waals surface area contributed by atoms with E-state index in [0.29, 0.717) is 16.7 Å². The zero-order valence-electron chi connectivity index (χ0n) is 14.4. The molecule has 0 bridgehead atoms. The zero-order valence-corrected chi connectivity index (χ0v) is 15.2. The highest BCUT2D eigenvalue weighted by atomic mass is 35.5. The van der Waals surface area contributed by atoms with Crippen LogP contribution in [-0.2, 0) is 9.59 Å². The first-order chi connectivity index (χ1) is 13.1. The van der Waals surface area contributed by atoms with Crippen LogP contribution in [0.1, 0.15) is 25.3 Å². The minimum atomic E-state index is -0.577. The maximum atomic E-state index is 13.1. The van der Waals surface area contributed by atoms with Crippen molar-refractivity contribution in [3.8, 4) is 0 Å². The molecule has 2 heterocycles. The molecule has 1 fully saturated rings. The van der Waals surface area contributed by atoms with Gasteiger partial charge in [0.05, 0.1) is 17.5 Å². The van der Waals surface area contributed by atoms with Gasteiger partial charge >= 0.3 is 0 Å². The van der Waals surface area contributed by atoms with Crippen LogP contribution in [-0.4, -0.2) is 27.4 Å². The summed E-state index contributed by atoms with van der Waals surface area (Å²) in [6.07, 6.45) is 2.02. The van der Waals surface area contributed by atoms with E-state index in [0.717, 1.165) is 23.9 Å². The molecule has 3 aromatic rings. The summed E-state index contributed by atoms with van der Waals surface area (Å²) in [5, 5.41) is 3.38. The number of hydrogen-bond acceptors (Lipinski definition) is 3. The molecule has 136 valence electrons. The maximum Gasteiger partial charge on any atom is 0.253 e. The molecule has 1 aliphatic heterocycles. The number of para-hydroxylation sites is 2. The quantitative estimate of drug-likeness (QED) is 0.749. The Hall–Kier alpha value is -2.86. The second-order valence-corrected chi connectivity index (χ2v) is 7.42. The van der Waals surface area contributed by atoms with E-state index in [9.17, 15) is 9.59 Å². The van der Waals surface area contributed by atoms with Gasteiger partial charge in [-0.2, -0.15) is 0 Å². The van der Waals surface area contributed by atoms with Gasteiger partial charge in [-0.25, -0.2) is 4.98 Å². The van der Waals surface area contributed by atoms with Crippen LogP contribution in [0.5, 0.6) is 0 Å². The SMILES string of the molecule is O=C(C[C@@H]1C(=O)N(C2CC2)c2nc3ccccc3n21)Nc1cccc(Cl)c1. The van der Waals surface area contributed by atoms with E-state index in [2.05, 4.69) is 10.3 Å². The molecule has 0 radical (unpaired) electrons. The standard InChI is InChI=1S/C20H17ClN4O2/c21-12-4-3-5-13(10-12)22-18(26)11-17-19(27)24(14-8-9-14)20-23-15-6-1-2-7-16(15)25(17)20/h1-7,10,14,17H,8-9,11H2,(H,22,26)/t17-/m1/s1. The van der Waals surface area contributed by atoms with Gasteiger partial charge in [0, 0.05) is 16.8 Å². The van der Waals surface area contributed by atoms with Crippen molar-refractivity contribution in [2.75, 3.05) is 10.2 Å². The first-order valence-electron chi connectivity index (χ1n) is 8.97. The summed E-state index contributed by atoms with van der Waals surface area (Å²) >= 11 is 5.98. The van der Waals surface area contributed by atoms with Gasteiger partial charge in [-0.05, 0) is 43.2 Å². The van der Waals surface area contributed by atoms with E-state index in [-0.39, 0.29) is 24.3 Å². The lowest BCUT2D eigenvalue weighted by atomic mass is 10.1. The Morgan fingerprint density at radius 2 is 2.00 bits per heavy atom. The number of amides is 2. The van der Waals surface area contributed by atoms with Gasteiger partial charge < -0.3 is 5.32 Å². The van der Waals surface area contributed by atoms with E-state index < -0.39 is 6.04 Å². The Morgan fingerprint density at radius 3 is 2.78 bits per heavy atom. The van der Waals surface area contributed by atoms with Crippen LogP contribution in [0, 0.1) is 0 Å². The summed E-state index contributed by atoms with van der Waals surface area (Å²) in [4.78, 5) is 32.1. The third-order valence-electron chi connectivity index (χ3n) is 5.03. The molecule has 0 unspecified atom stereocenters. The van der Waals surface area contributed by atoms with Gasteiger partial charge in [0.1, 0.15) is 6.04 Å². The molecular weight excluding hydrogens is 364 g/mol. The largest absolute Gasteiger partial charge is 0.326 e. The van der Waals surface area contributed by atoms with Gasteiger partial charge in [0.15, 0.2) is 0 Å². The van der Waals surface area contributed by atoms with E-state index in [1.807, 2.05) is 28.8 Å². The molecule has 6 nitrogen and oxygen atoms in total. The van der Waals surface area contributed by atoms with Crippen molar-refractivity contribution in [2.24, 2.45) is 0 Å². The Labute approximate surface area is 160 Å². The lowest BCUT2D eigenvalue weighted by Crippen LogP contribution is -2.33. The number of hydrogen-bond donors (Lipinski definition) is 1. The van der Waals surface area contributed by atoms with Crippen LogP contribution in [0.25, 0.3) is 11.0 Å². The van der Waals surface area contributed by atoms with E-state index >= 15 is 0 Å². The fraction of sp³-hybridized carbons (Fsp3) is 0.250. The van der Waals surface area contributed by atoms with Gasteiger partial charge in [-0.1, -0.05) is 29.8 Å². The first-order valence-corrected chi connectivity index (χ1v) is 9.35. The Bertz CT molecular complexity index is 1070. The molecule has 1 aliphatic carbocycles. The minimum Gasteiger partial charge on any atom is -0.326 e. The molecule has 7 heteroatoms. The molecule has 0 saturated heterocycles. The number of carbonyl (C=O) groups is 2. The van der Waals surface area contributed by atoms with Crippen LogP contribution in [0.3, 0.4) is 0 Å². The third kappa shape index (κ3) is 2.77. The number of benzene rings is 2. The zero-order chi connectivity index (χ0) is 18.5. The first kappa shape index (κ1) is 16.3. The molecule has 5 rings (SSSR count). The summed E-state index contributed by atoms with van der Waals surface area (Å²) in [5.41, 5.74) is 2.34. The Morgan fingerprint density at radius 1 is 1.19 bits per heavy atom. The molecule has 0 spiro atoms. The fourth-order valence-corrected chi connectivity index (χ4v) is 3.88. The fourth-order valence-electron chi connectivity index (χ4n) is 3.69. The van der Waals surface area contributed by atoms with E-state index in [1.54, 1.807) is 29.2 Å². The number of halogens is 1. The van der Waals surface area contributed by atoms with Gasteiger partial charge in [0.2, 0.25) is 11.9 Å². The molecule has 2 aliphatic rings. The number of rotatable bonds is 4. The molecule has 2 amide bonds. The molecule has 1 aromatic heterocycles. The lowest BCUT2D eigenvalue weighted by Gasteiger charge is -2.15. The van der Waals surface area contributed by atoms with Crippen molar-refractivity contribution >= 4 is 46.1 Å². The Balaban J connectivity index is 1.47. The molecule has 27 heavy (non-hydrogen) atoms. The molecular formula is C20H17ClN4O2. The number of nitrogens with one attached hydrogen (secondary N) is 1. The molecule has 1 atom stereocenters. The topological polar surface area (TPSA) is 67.2 Å². The summed E-state index contributed by atoms with van der Waals surface area (Å²) in [6.45, 7) is 0. The van der Waals surface area contributed by atoms with Crippen molar-refractivity contribution in [1.82, 2.24) is 9.55 Å². The second kappa shape index (κ2) is 6.09. The van der Waals surface area contributed by atoms with Crippen molar-refractivity contribution in [3.63, 3.8) is 0 Å². The van der Waals surface area contributed by atoms with Crippen LogP contribution in [0.15, 0.2) is 48.5 Å². The number of imidazole rings is 1. The van der Waals surface area contributed by atoms with Crippen LogP contribution >= 0.6 is 11.6 Å². The van der Waals surface area contributed by atoms with E-state index in [4.69, 9.17) is 11.6 Å². The highest BCUT2D eigenvalue weighted by Crippen LogP contribution is 2.42. The molecule has 1 N–H and O–H groups in total. The van der Waals surface area contributed by atoms with Crippen LogP contribution < -0.4 is 10.2 Å².